The molecule has 0 radical (unpaired) electrons. The Morgan fingerprint density at radius 2 is 2.00 bits per heavy atom. The van der Waals surface area contributed by atoms with Gasteiger partial charge in [0.1, 0.15) is 6.10 Å². The van der Waals surface area contributed by atoms with E-state index in [9.17, 15) is 19.1 Å². The van der Waals surface area contributed by atoms with Gasteiger partial charge >= 0.3 is 6.09 Å². The van der Waals surface area contributed by atoms with Gasteiger partial charge in [0.2, 0.25) is 0 Å². The number of ether oxygens (including phenoxy) is 1. The van der Waals surface area contributed by atoms with Crippen LogP contribution in [0.4, 0.5) is 9.18 Å². The van der Waals surface area contributed by atoms with Crippen LogP contribution in [0, 0.1) is 34.0 Å². The summed E-state index contributed by atoms with van der Waals surface area (Å²) in [5, 5.41) is 11.3. The van der Waals surface area contributed by atoms with Crippen LogP contribution in [0.3, 0.4) is 0 Å². The van der Waals surface area contributed by atoms with E-state index >= 15 is 0 Å². The Labute approximate surface area is 160 Å². The van der Waals surface area contributed by atoms with Crippen molar-refractivity contribution in [2.45, 2.75) is 71.8 Å². The average Bonchev–Trinajstić information content (AvgIpc) is 2.87. The average molecular weight is 381 g/mol. The van der Waals surface area contributed by atoms with Gasteiger partial charge < -0.3 is 15.6 Å². The number of rotatable bonds is 2. The quantitative estimate of drug-likeness (QED) is 0.718. The monoisotopic (exact) mass is 381 g/mol. The lowest BCUT2D eigenvalue weighted by molar-refractivity contribution is -0.191. The molecular weight excluding hydrogens is 349 g/mol. The molecule has 9 atom stereocenters. The van der Waals surface area contributed by atoms with E-state index in [-0.39, 0.29) is 18.3 Å². The summed E-state index contributed by atoms with van der Waals surface area (Å²) in [7, 11) is 0. The molecule has 3 fully saturated rings. The van der Waals surface area contributed by atoms with E-state index in [1.54, 1.807) is 6.08 Å². The molecule has 3 aliphatic rings. The van der Waals surface area contributed by atoms with Crippen LogP contribution in [-0.4, -0.2) is 35.4 Å². The van der Waals surface area contributed by atoms with Crippen LogP contribution in [0.15, 0.2) is 12.7 Å². The molecule has 6 heteroatoms. The third kappa shape index (κ3) is 2.59. The number of Topliss-reactive ketones (excluding diaryl/α,β-unsaturated/α-hetero) is 1. The summed E-state index contributed by atoms with van der Waals surface area (Å²) in [6, 6.07) is 0. The second-order valence-electron chi connectivity index (χ2n) is 9.62. The van der Waals surface area contributed by atoms with Crippen LogP contribution in [-0.2, 0) is 9.53 Å². The van der Waals surface area contributed by atoms with E-state index in [0.29, 0.717) is 12.8 Å². The van der Waals surface area contributed by atoms with Crippen LogP contribution in [0.5, 0.6) is 0 Å². The van der Waals surface area contributed by atoms with Crippen molar-refractivity contribution in [3.8, 4) is 0 Å². The summed E-state index contributed by atoms with van der Waals surface area (Å²) in [5.41, 5.74) is 3.23. The van der Waals surface area contributed by atoms with Crippen LogP contribution in [0.25, 0.3) is 0 Å². The van der Waals surface area contributed by atoms with Gasteiger partial charge in [-0.05, 0) is 42.9 Å². The first-order valence-corrected chi connectivity index (χ1v) is 9.89. The van der Waals surface area contributed by atoms with E-state index in [0.717, 1.165) is 6.42 Å². The van der Waals surface area contributed by atoms with Gasteiger partial charge in [-0.25, -0.2) is 9.18 Å². The lowest BCUT2D eigenvalue weighted by Gasteiger charge is -2.61. The molecule has 0 aromatic rings. The molecule has 0 spiro atoms. The van der Waals surface area contributed by atoms with Crippen molar-refractivity contribution in [2.24, 2.45) is 39.7 Å². The fourth-order valence-corrected chi connectivity index (χ4v) is 6.59. The Bertz CT molecular complexity index is 669. The first-order chi connectivity index (χ1) is 12.4. The summed E-state index contributed by atoms with van der Waals surface area (Å²) in [6.45, 7) is 11.7. The molecule has 3 N–H and O–H groups in total. The third-order valence-electron chi connectivity index (χ3n) is 8.55. The van der Waals surface area contributed by atoms with Gasteiger partial charge in [0.25, 0.3) is 0 Å². The lowest BCUT2D eigenvalue weighted by atomic mass is 9.44. The van der Waals surface area contributed by atoms with E-state index in [1.165, 1.54) is 0 Å². The fourth-order valence-electron chi connectivity index (χ4n) is 6.59. The minimum atomic E-state index is -1.54. The highest BCUT2D eigenvalue weighted by Gasteiger charge is 2.70. The van der Waals surface area contributed by atoms with E-state index in [4.69, 9.17) is 10.5 Å². The van der Waals surface area contributed by atoms with Crippen molar-refractivity contribution in [1.29, 1.82) is 0 Å². The molecule has 2 unspecified atom stereocenters. The zero-order chi connectivity index (χ0) is 20.4. The van der Waals surface area contributed by atoms with Crippen molar-refractivity contribution in [1.82, 2.24) is 0 Å². The van der Waals surface area contributed by atoms with Gasteiger partial charge in [-0.3, -0.25) is 4.79 Å². The molecule has 2 bridgehead atoms. The van der Waals surface area contributed by atoms with Crippen molar-refractivity contribution in [2.75, 3.05) is 0 Å². The first kappa shape index (κ1) is 20.3. The molecule has 0 heterocycles. The van der Waals surface area contributed by atoms with E-state index in [2.05, 4.69) is 6.58 Å². The number of carbonyl (C=O) groups is 2. The largest absolute Gasteiger partial charge is 0.446 e. The topological polar surface area (TPSA) is 89.6 Å². The molecule has 0 saturated heterocycles. The molecule has 0 aromatic carbocycles. The van der Waals surface area contributed by atoms with Crippen molar-refractivity contribution < 1.29 is 23.8 Å². The molecule has 27 heavy (non-hydrogen) atoms. The Morgan fingerprint density at radius 3 is 2.56 bits per heavy atom. The standard InChI is InChI=1S/C21H32FNO4/c1-6-19(4)10-14(27-18(23)26)20(5)11(2)7-8-21(12(3)17(19)25)9-13(22)15(24)16(20)21/h6,11-14,16-17,25H,1,7-10H2,2-5H3,(H2,23,26)/t11?,12-,13-,14+,16?,17-,19+,20-,21-/m0/s1. The predicted molar refractivity (Wildman–Crippen MR) is 99.5 cm³/mol. The Morgan fingerprint density at radius 1 is 1.37 bits per heavy atom. The second-order valence-corrected chi connectivity index (χ2v) is 9.62. The first-order valence-electron chi connectivity index (χ1n) is 9.89. The molecule has 0 aliphatic heterocycles. The number of ketones is 1. The number of aliphatic hydroxyl groups excluding tert-OH is 1. The summed E-state index contributed by atoms with van der Waals surface area (Å²) in [5.74, 6) is -1.25. The van der Waals surface area contributed by atoms with Crippen LogP contribution in [0.1, 0.15) is 53.4 Å². The number of hydrogen-bond acceptors (Lipinski definition) is 4. The fraction of sp³-hybridized carbons (Fsp3) is 0.810. The number of alkyl halides is 1. The highest BCUT2D eigenvalue weighted by molar-refractivity contribution is 5.90. The Balaban J connectivity index is 2.26. The van der Waals surface area contributed by atoms with Crippen molar-refractivity contribution in [3.63, 3.8) is 0 Å². The Kier molecular flexibility index (Phi) is 4.73. The van der Waals surface area contributed by atoms with Gasteiger partial charge in [0.05, 0.1) is 6.10 Å². The molecule has 1 amide bonds. The maximum Gasteiger partial charge on any atom is 0.404 e. The van der Waals surface area contributed by atoms with Crippen molar-refractivity contribution in [3.05, 3.63) is 12.7 Å². The molecule has 5 nitrogen and oxygen atoms in total. The summed E-state index contributed by atoms with van der Waals surface area (Å²) in [4.78, 5) is 24.7. The predicted octanol–water partition coefficient (Wildman–Crippen LogP) is 3.39. The van der Waals surface area contributed by atoms with Gasteiger partial charge in [-0.2, -0.15) is 0 Å². The SMILES string of the molecule is C=C[C@]1(C)C[C@@H](OC(N)=O)[C@]2(C)C(C)CC[C@]3(C[C@H](F)C(=O)C32)[C@@H](C)[C@@H]1O. The normalized spacial score (nSPS) is 52.4. The number of halogens is 1. The summed E-state index contributed by atoms with van der Waals surface area (Å²) < 4.78 is 20.4. The summed E-state index contributed by atoms with van der Waals surface area (Å²) in [6.07, 6.45) is -0.422. The molecule has 3 rings (SSSR count). The minimum Gasteiger partial charge on any atom is -0.446 e. The summed E-state index contributed by atoms with van der Waals surface area (Å²) >= 11 is 0. The zero-order valence-corrected chi connectivity index (χ0v) is 16.7. The number of nitrogens with two attached hydrogens (primary N) is 1. The zero-order valence-electron chi connectivity index (χ0n) is 16.7. The van der Waals surface area contributed by atoms with Gasteiger partial charge in [-0.1, -0.05) is 33.8 Å². The highest BCUT2D eigenvalue weighted by Crippen LogP contribution is 2.68. The Hall–Kier alpha value is -1.43. The smallest absolute Gasteiger partial charge is 0.404 e. The molecule has 3 saturated carbocycles. The molecule has 152 valence electrons. The van der Waals surface area contributed by atoms with Gasteiger partial charge in [0, 0.05) is 16.7 Å². The maximum atomic E-state index is 14.8. The number of carbonyl (C=O) groups excluding carboxylic acids is 2. The highest BCUT2D eigenvalue weighted by atomic mass is 19.1. The minimum absolute atomic E-state index is 0.0470. The second kappa shape index (κ2) is 6.29. The molecule has 0 aromatic heterocycles. The van der Waals surface area contributed by atoms with Gasteiger partial charge in [0.15, 0.2) is 12.0 Å². The number of primary amides is 1. The van der Waals surface area contributed by atoms with E-state index < -0.39 is 52.4 Å². The van der Waals surface area contributed by atoms with Crippen LogP contribution >= 0.6 is 0 Å². The molecular formula is C21H32FNO4. The van der Waals surface area contributed by atoms with Gasteiger partial charge in [-0.15, -0.1) is 6.58 Å². The van der Waals surface area contributed by atoms with E-state index in [1.807, 2.05) is 27.7 Å². The van der Waals surface area contributed by atoms with Crippen molar-refractivity contribution >= 4 is 11.9 Å². The molecule has 3 aliphatic carbocycles. The third-order valence-corrected chi connectivity index (χ3v) is 8.55. The number of aliphatic hydroxyl groups is 1. The van der Waals surface area contributed by atoms with Crippen LogP contribution < -0.4 is 5.73 Å². The number of amides is 1. The van der Waals surface area contributed by atoms with Crippen LogP contribution in [0.2, 0.25) is 0 Å². The number of hydrogen-bond donors (Lipinski definition) is 2. The maximum absolute atomic E-state index is 14.8. The lowest BCUT2D eigenvalue weighted by Crippen LogP contribution is -2.63.